The molecule has 0 saturated carbocycles. The lowest BCUT2D eigenvalue weighted by Crippen LogP contribution is -2.53. The van der Waals surface area contributed by atoms with Crippen LogP contribution >= 0.6 is 0 Å². The van der Waals surface area contributed by atoms with E-state index in [-0.39, 0.29) is 25.7 Å². The van der Waals surface area contributed by atoms with Crippen LogP contribution in [0.2, 0.25) is 0 Å². The Labute approximate surface area is 106 Å². The van der Waals surface area contributed by atoms with E-state index >= 15 is 0 Å². The highest BCUT2D eigenvalue weighted by atomic mass is 16.5. The molecule has 1 rings (SSSR count). The molecule has 3 N–H and O–H groups in total. The minimum atomic E-state index is -1.02. The van der Waals surface area contributed by atoms with Crippen LogP contribution < -0.4 is 10.1 Å². The Balaban J connectivity index is 2.47. The first-order valence-corrected chi connectivity index (χ1v) is 5.71. The highest BCUT2D eigenvalue weighted by molar-refractivity contribution is 5.78. The zero-order valence-electron chi connectivity index (χ0n) is 10.6. The third-order valence-electron chi connectivity index (χ3n) is 2.50. The van der Waals surface area contributed by atoms with E-state index in [0.717, 1.165) is 5.56 Å². The lowest BCUT2D eigenvalue weighted by Gasteiger charge is -2.26. The fraction of sp³-hybridized carbons (Fsp3) is 0.462. The Morgan fingerprint density at radius 3 is 2.61 bits per heavy atom. The van der Waals surface area contributed by atoms with Crippen LogP contribution in [0.5, 0.6) is 5.75 Å². The number of carbonyl (C=O) groups is 1. The van der Waals surface area contributed by atoms with Gasteiger partial charge in [0.05, 0.1) is 18.8 Å². The first-order chi connectivity index (χ1) is 8.49. The van der Waals surface area contributed by atoms with Crippen LogP contribution in [0.4, 0.5) is 0 Å². The molecule has 0 saturated heterocycles. The summed E-state index contributed by atoms with van der Waals surface area (Å²) in [5, 5.41) is 20.6. The molecule has 0 bridgehead atoms. The normalized spacial score (nSPS) is 11.1. The number of nitrogens with one attached hydrogen (secondary N) is 1. The standard InChI is InChI=1S/C13H19NO4/c1-10-4-3-5-11(6-10)18-7-12(17)14-13(2,8-15)9-16/h3-6,15-16H,7-9H2,1-2H3,(H,14,17). The molecule has 0 unspecified atom stereocenters. The van der Waals surface area contributed by atoms with Gasteiger partial charge in [-0.3, -0.25) is 4.79 Å². The van der Waals surface area contributed by atoms with E-state index in [1.165, 1.54) is 0 Å². The topological polar surface area (TPSA) is 78.8 Å². The lowest BCUT2D eigenvalue weighted by atomic mass is 10.1. The first kappa shape index (κ1) is 14.5. The predicted octanol–water partition coefficient (Wildman–Crippen LogP) is 0.233. The lowest BCUT2D eigenvalue weighted by molar-refractivity contribution is -0.126. The Morgan fingerprint density at radius 2 is 2.06 bits per heavy atom. The number of ether oxygens (including phenoxy) is 1. The summed E-state index contributed by atoms with van der Waals surface area (Å²) in [6.45, 7) is 2.66. The van der Waals surface area contributed by atoms with Gasteiger partial charge in [0.1, 0.15) is 5.75 Å². The molecule has 1 aromatic carbocycles. The monoisotopic (exact) mass is 253 g/mol. The van der Waals surface area contributed by atoms with E-state index in [0.29, 0.717) is 5.75 Å². The fourth-order valence-corrected chi connectivity index (χ4v) is 1.36. The molecule has 5 nitrogen and oxygen atoms in total. The average Bonchev–Trinajstić information content (AvgIpc) is 2.36. The van der Waals surface area contributed by atoms with Crippen molar-refractivity contribution in [1.82, 2.24) is 5.32 Å². The molecule has 100 valence electrons. The smallest absolute Gasteiger partial charge is 0.258 e. The molecule has 0 heterocycles. The molecule has 0 atom stereocenters. The molecule has 1 amide bonds. The molecule has 0 spiro atoms. The second-order valence-corrected chi connectivity index (χ2v) is 4.53. The molecule has 18 heavy (non-hydrogen) atoms. The Bertz CT molecular complexity index is 402. The van der Waals surface area contributed by atoms with E-state index in [4.69, 9.17) is 14.9 Å². The van der Waals surface area contributed by atoms with Gasteiger partial charge in [-0.25, -0.2) is 0 Å². The number of carbonyl (C=O) groups excluding carboxylic acids is 1. The van der Waals surface area contributed by atoms with Crippen molar-refractivity contribution in [3.8, 4) is 5.75 Å². The molecule has 0 fully saturated rings. The van der Waals surface area contributed by atoms with Gasteiger partial charge in [-0.1, -0.05) is 12.1 Å². The molecule has 0 aliphatic rings. The van der Waals surface area contributed by atoms with Crippen molar-refractivity contribution in [2.75, 3.05) is 19.8 Å². The van der Waals surface area contributed by atoms with Crippen LogP contribution in [0, 0.1) is 6.92 Å². The minimum Gasteiger partial charge on any atom is -0.484 e. The number of hydrogen-bond acceptors (Lipinski definition) is 4. The minimum absolute atomic E-state index is 0.154. The van der Waals surface area contributed by atoms with E-state index < -0.39 is 5.54 Å². The maximum atomic E-state index is 11.6. The zero-order chi connectivity index (χ0) is 13.6. The third-order valence-corrected chi connectivity index (χ3v) is 2.50. The summed E-state index contributed by atoms with van der Waals surface area (Å²) in [6.07, 6.45) is 0. The van der Waals surface area contributed by atoms with Crippen molar-refractivity contribution >= 4 is 5.91 Å². The number of amides is 1. The first-order valence-electron chi connectivity index (χ1n) is 5.71. The van der Waals surface area contributed by atoms with Gasteiger partial charge in [0.2, 0.25) is 0 Å². The Morgan fingerprint density at radius 1 is 1.39 bits per heavy atom. The van der Waals surface area contributed by atoms with Crippen LogP contribution in [0.15, 0.2) is 24.3 Å². The quantitative estimate of drug-likeness (QED) is 0.678. The van der Waals surface area contributed by atoms with Crippen molar-refractivity contribution in [3.63, 3.8) is 0 Å². The summed E-state index contributed by atoms with van der Waals surface area (Å²) < 4.78 is 5.31. The maximum Gasteiger partial charge on any atom is 0.258 e. The number of aliphatic hydroxyl groups excluding tert-OH is 2. The van der Waals surface area contributed by atoms with Crippen molar-refractivity contribution in [2.45, 2.75) is 19.4 Å². The van der Waals surface area contributed by atoms with Gasteiger partial charge in [0, 0.05) is 0 Å². The highest BCUT2D eigenvalue weighted by Crippen LogP contribution is 2.12. The summed E-state index contributed by atoms with van der Waals surface area (Å²) in [7, 11) is 0. The maximum absolute atomic E-state index is 11.6. The predicted molar refractivity (Wildman–Crippen MR) is 67.4 cm³/mol. The SMILES string of the molecule is Cc1cccc(OCC(=O)NC(C)(CO)CO)c1. The molecule has 1 aromatic rings. The van der Waals surface area contributed by atoms with Crippen molar-refractivity contribution in [1.29, 1.82) is 0 Å². The summed E-state index contributed by atoms with van der Waals surface area (Å²) in [6, 6.07) is 7.36. The van der Waals surface area contributed by atoms with Crippen molar-refractivity contribution in [2.24, 2.45) is 0 Å². The highest BCUT2D eigenvalue weighted by Gasteiger charge is 2.24. The van der Waals surface area contributed by atoms with E-state index in [1.807, 2.05) is 25.1 Å². The van der Waals surface area contributed by atoms with Gasteiger partial charge in [0.15, 0.2) is 6.61 Å². The van der Waals surface area contributed by atoms with Crippen LogP contribution in [0.25, 0.3) is 0 Å². The van der Waals surface area contributed by atoms with E-state index in [9.17, 15) is 4.79 Å². The van der Waals surface area contributed by atoms with Crippen LogP contribution in [-0.2, 0) is 4.79 Å². The molecule has 5 heteroatoms. The molecule has 0 aliphatic carbocycles. The average molecular weight is 253 g/mol. The second kappa shape index (κ2) is 6.37. The molecular formula is C13H19NO4. The van der Waals surface area contributed by atoms with Crippen molar-refractivity contribution < 1.29 is 19.7 Å². The molecule has 0 aliphatic heterocycles. The number of hydrogen-bond donors (Lipinski definition) is 3. The van der Waals surface area contributed by atoms with Crippen molar-refractivity contribution in [3.05, 3.63) is 29.8 Å². The van der Waals surface area contributed by atoms with Crippen LogP contribution in [-0.4, -0.2) is 41.5 Å². The van der Waals surface area contributed by atoms with Gasteiger partial charge in [-0.15, -0.1) is 0 Å². The second-order valence-electron chi connectivity index (χ2n) is 4.53. The van der Waals surface area contributed by atoms with Gasteiger partial charge in [-0.05, 0) is 31.5 Å². The summed E-state index contributed by atoms with van der Waals surface area (Å²) in [4.78, 5) is 11.6. The Hall–Kier alpha value is -1.59. The summed E-state index contributed by atoms with van der Waals surface area (Å²) >= 11 is 0. The van der Waals surface area contributed by atoms with E-state index in [2.05, 4.69) is 5.32 Å². The number of rotatable bonds is 6. The number of aliphatic hydroxyl groups is 2. The van der Waals surface area contributed by atoms with Gasteiger partial charge >= 0.3 is 0 Å². The van der Waals surface area contributed by atoms with Crippen LogP contribution in [0.3, 0.4) is 0 Å². The van der Waals surface area contributed by atoms with Gasteiger partial charge < -0.3 is 20.3 Å². The number of benzene rings is 1. The molecule has 0 aromatic heterocycles. The summed E-state index contributed by atoms with van der Waals surface area (Å²) in [5.41, 5.74) is 0.0241. The van der Waals surface area contributed by atoms with E-state index in [1.54, 1.807) is 13.0 Å². The van der Waals surface area contributed by atoms with Crippen LogP contribution in [0.1, 0.15) is 12.5 Å². The zero-order valence-corrected chi connectivity index (χ0v) is 10.6. The van der Waals surface area contributed by atoms with Gasteiger partial charge in [-0.2, -0.15) is 0 Å². The molecule has 0 radical (unpaired) electrons. The fourth-order valence-electron chi connectivity index (χ4n) is 1.36. The Kier molecular flexibility index (Phi) is 5.12. The number of aryl methyl sites for hydroxylation is 1. The summed E-state index contributed by atoms with van der Waals surface area (Å²) in [5.74, 6) is 0.224. The molecular weight excluding hydrogens is 234 g/mol. The third kappa shape index (κ3) is 4.35. The largest absolute Gasteiger partial charge is 0.484 e. The van der Waals surface area contributed by atoms with Gasteiger partial charge in [0.25, 0.3) is 5.91 Å².